The Hall–Kier alpha value is -2.14. The van der Waals surface area contributed by atoms with Gasteiger partial charge in [-0.05, 0) is 25.5 Å². The van der Waals surface area contributed by atoms with Gasteiger partial charge in [-0.2, -0.15) is 5.10 Å². The summed E-state index contributed by atoms with van der Waals surface area (Å²) in [7, 11) is 0. The number of carbonyl (C=O) groups excluding carboxylic acids is 1. The number of benzene rings is 1. The Morgan fingerprint density at radius 1 is 1.35 bits per heavy atom. The maximum absolute atomic E-state index is 12.0. The van der Waals surface area contributed by atoms with Gasteiger partial charge in [-0.3, -0.25) is 9.48 Å². The van der Waals surface area contributed by atoms with E-state index in [0.717, 1.165) is 17.7 Å². The number of nitrogens with one attached hydrogen (secondary N) is 1. The Bertz CT molecular complexity index is 563. The summed E-state index contributed by atoms with van der Waals surface area (Å²) < 4.78 is 1.84. The summed E-state index contributed by atoms with van der Waals surface area (Å²) >= 11 is 0. The minimum absolute atomic E-state index is 0.0877. The molecule has 0 atom stereocenters. The van der Waals surface area contributed by atoms with Crippen molar-refractivity contribution < 1.29 is 4.79 Å². The van der Waals surface area contributed by atoms with E-state index in [9.17, 15) is 4.79 Å². The van der Waals surface area contributed by atoms with Crippen LogP contribution in [0.2, 0.25) is 0 Å². The summed E-state index contributed by atoms with van der Waals surface area (Å²) in [6, 6.07) is 10.1. The van der Waals surface area contributed by atoms with E-state index >= 15 is 0 Å². The Labute approximate surface area is 118 Å². The third-order valence-corrected chi connectivity index (χ3v) is 3.19. The van der Waals surface area contributed by atoms with Gasteiger partial charge in [-0.1, -0.05) is 30.3 Å². The van der Waals surface area contributed by atoms with Gasteiger partial charge in [0.25, 0.3) is 5.91 Å². The molecule has 0 fully saturated rings. The normalized spacial score (nSPS) is 10.5. The summed E-state index contributed by atoms with van der Waals surface area (Å²) in [5.41, 5.74) is 8.06. The molecule has 1 aromatic heterocycles. The van der Waals surface area contributed by atoms with Crippen molar-refractivity contribution in [2.45, 2.75) is 19.9 Å². The highest BCUT2D eigenvalue weighted by Crippen LogP contribution is 2.10. The van der Waals surface area contributed by atoms with Gasteiger partial charge in [0.2, 0.25) is 0 Å². The second kappa shape index (κ2) is 6.86. The molecule has 0 aliphatic rings. The van der Waals surface area contributed by atoms with Gasteiger partial charge in [0.1, 0.15) is 0 Å². The fraction of sp³-hybridized carbons (Fsp3) is 0.333. The summed E-state index contributed by atoms with van der Waals surface area (Å²) in [6.45, 7) is 3.75. The third kappa shape index (κ3) is 3.45. The van der Waals surface area contributed by atoms with E-state index in [1.165, 1.54) is 0 Å². The average Bonchev–Trinajstić information content (AvgIpc) is 2.82. The first-order valence-corrected chi connectivity index (χ1v) is 6.77. The standard InChI is InChI=1S/C15H20N4O/c1-12-14(15(20)17-9-5-8-16)10-18-19(12)11-13-6-3-2-4-7-13/h2-4,6-7,10H,5,8-9,11,16H2,1H3,(H,17,20). The van der Waals surface area contributed by atoms with E-state index in [-0.39, 0.29) is 5.91 Å². The highest BCUT2D eigenvalue weighted by Gasteiger charge is 2.13. The zero-order valence-electron chi connectivity index (χ0n) is 11.7. The van der Waals surface area contributed by atoms with Crippen molar-refractivity contribution in [3.63, 3.8) is 0 Å². The quantitative estimate of drug-likeness (QED) is 0.779. The molecule has 0 unspecified atom stereocenters. The molecule has 3 N–H and O–H groups in total. The van der Waals surface area contributed by atoms with Crippen LogP contribution in [0.25, 0.3) is 0 Å². The first kappa shape index (κ1) is 14.3. The van der Waals surface area contributed by atoms with Gasteiger partial charge in [0.05, 0.1) is 18.3 Å². The first-order chi connectivity index (χ1) is 9.72. The maximum atomic E-state index is 12.0. The first-order valence-electron chi connectivity index (χ1n) is 6.77. The molecule has 0 spiro atoms. The summed E-state index contributed by atoms with van der Waals surface area (Å²) in [5, 5.41) is 7.14. The van der Waals surface area contributed by atoms with Crippen LogP contribution in [0.1, 0.15) is 28.0 Å². The lowest BCUT2D eigenvalue weighted by molar-refractivity contribution is 0.0952. The van der Waals surface area contributed by atoms with Crippen LogP contribution in [0, 0.1) is 6.92 Å². The van der Waals surface area contributed by atoms with Crippen molar-refractivity contribution in [1.82, 2.24) is 15.1 Å². The Balaban J connectivity index is 2.05. The number of nitrogens with zero attached hydrogens (tertiary/aromatic N) is 2. The Kier molecular flexibility index (Phi) is 4.90. The molecule has 2 aromatic rings. The second-order valence-electron chi connectivity index (χ2n) is 4.69. The van der Waals surface area contributed by atoms with Gasteiger partial charge < -0.3 is 11.1 Å². The highest BCUT2D eigenvalue weighted by atomic mass is 16.1. The molecule has 1 amide bonds. The van der Waals surface area contributed by atoms with E-state index in [1.807, 2.05) is 41.9 Å². The van der Waals surface area contributed by atoms with Crippen LogP contribution in [-0.2, 0) is 6.54 Å². The number of carbonyl (C=O) groups is 1. The van der Waals surface area contributed by atoms with Crippen molar-refractivity contribution in [3.8, 4) is 0 Å². The zero-order chi connectivity index (χ0) is 14.4. The fourth-order valence-electron chi connectivity index (χ4n) is 1.98. The monoisotopic (exact) mass is 272 g/mol. The number of rotatable bonds is 6. The lowest BCUT2D eigenvalue weighted by Crippen LogP contribution is -2.26. The molecule has 0 aliphatic heterocycles. The zero-order valence-corrected chi connectivity index (χ0v) is 11.7. The van der Waals surface area contributed by atoms with Crippen LogP contribution in [0.3, 0.4) is 0 Å². The molecule has 0 bridgehead atoms. The van der Waals surface area contributed by atoms with E-state index in [2.05, 4.69) is 10.4 Å². The van der Waals surface area contributed by atoms with Crippen LogP contribution in [-0.4, -0.2) is 28.8 Å². The van der Waals surface area contributed by atoms with Crippen molar-refractivity contribution >= 4 is 5.91 Å². The molecule has 1 aromatic carbocycles. The Morgan fingerprint density at radius 2 is 2.10 bits per heavy atom. The molecule has 1 heterocycles. The summed E-state index contributed by atoms with van der Waals surface area (Å²) in [5.74, 6) is -0.0877. The van der Waals surface area contributed by atoms with E-state index in [4.69, 9.17) is 5.73 Å². The average molecular weight is 272 g/mol. The number of amides is 1. The minimum atomic E-state index is -0.0877. The fourth-order valence-corrected chi connectivity index (χ4v) is 1.98. The number of hydrogen-bond acceptors (Lipinski definition) is 3. The van der Waals surface area contributed by atoms with Crippen LogP contribution < -0.4 is 11.1 Å². The molecule has 20 heavy (non-hydrogen) atoms. The van der Waals surface area contributed by atoms with Gasteiger partial charge in [0.15, 0.2) is 0 Å². The van der Waals surface area contributed by atoms with Crippen molar-refractivity contribution in [3.05, 3.63) is 53.3 Å². The molecule has 106 valence electrons. The summed E-state index contributed by atoms with van der Waals surface area (Å²) in [6.07, 6.45) is 2.40. The highest BCUT2D eigenvalue weighted by molar-refractivity contribution is 5.95. The second-order valence-corrected chi connectivity index (χ2v) is 4.69. The van der Waals surface area contributed by atoms with Gasteiger partial charge in [-0.25, -0.2) is 0 Å². The van der Waals surface area contributed by atoms with E-state index in [0.29, 0.717) is 25.2 Å². The van der Waals surface area contributed by atoms with Gasteiger partial charge in [-0.15, -0.1) is 0 Å². The summed E-state index contributed by atoms with van der Waals surface area (Å²) in [4.78, 5) is 12.0. The van der Waals surface area contributed by atoms with E-state index in [1.54, 1.807) is 6.20 Å². The SMILES string of the molecule is Cc1c(C(=O)NCCCN)cnn1Cc1ccccc1. The van der Waals surface area contributed by atoms with Crippen molar-refractivity contribution in [1.29, 1.82) is 0 Å². The predicted molar refractivity (Wildman–Crippen MR) is 78.5 cm³/mol. The molecule has 5 nitrogen and oxygen atoms in total. The molecule has 2 rings (SSSR count). The number of aromatic nitrogens is 2. The van der Waals surface area contributed by atoms with Gasteiger partial charge in [0, 0.05) is 12.2 Å². The molecular formula is C15H20N4O. The maximum Gasteiger partial charge on any atom is 0.254 e. The molecule has 0 saturated heterocycles. The molecule has 0 aliphatic carbocycles. The third-order valence-electron chi connectivity index (χ3n) is 3.19. The smallest absolute Gasteiger partial charge is 0.254 e. The minimum Gasteiger partial charge on any atom is -0.352 e. The van der Waals surface area contributed by atoms with Crippen molar-refractivity contribution in [2.75, 3.05) is 13.1 Å². The van der Waals surface area contributed by atoms with Crippen LogP contribution >= 0.6 is 0 Å². The van der Waals surface area contributed by atoms with Crippen LogP contribution in [0.5, 0.6) is 0 Å². The molecule has 0 saturated carbocycles. The molecular weight excluding hydrogens is 252 g/mol. The number of nitrogens with two attached hydrogens (primary N) is 1. The van der Waals surface area contributed by atoms with Gasteiger partial charge >= 0.3 is 0 Å². The molecule has 5 heteroatoms. The predicted octanol–water partition coefficient (Wildman–Crippen LogP) is 1.32. The van der Waals surface area contributed by atoms with Crippen molar-refractivity contribution in [2.24, 2.45) is 5.73 Å². The number of hydrogen-bond donors (Lipinski definition) is 2. The Morgan fingerprint density at radius 3 is 2.80 bits per heavy atom. The largest absolute Gasteiger partial charge is 0.352 e. The van der Waals surface area contributed by atoms with Crippen LogP contribution in [0.4, 0.5) is 0 Å². The lowest BCUT2D eigenvalue weighted by Gasteiger charge is -2.06. The van der Waals surface area contributed by atoms with E-state index < -0.39 is 0 Å². The lowest BCUT2D eigenvalue weighted by atomic mass is 10.2. The molecule has 0 radical (unpaired) electrons. The topological polar surface area (TPSA) is 72.9 Å². The van der Waals surface area contributed by atoms with Crippen LogP contribution in [0.15, 0.2) is 36.5 Å².